The van der Waals surface area contributed by atoms with E-state index >= 15 is 0 Å². The first-order valence-electron chi connectivity index (χ1n) is 8.75. The molecule has 6 nitrogen and oxygen atoms in total. The largest absolute Gasteiger partial charge is 0.494 e. The maximum atomic E-state index is 12.5. The van der Waals surface area contributed by atoms with Crippen LogP contribution < -0.4 is 15.4 Å². The Labute approximate surface area is 158 Å². The quantitative estimate of drug-likeness (QED) is 0.624. The zero-order valence-electron chi connectivity index (χ0n) is 15.5. The highest BCUT2D eigenvalue weighted by Gasteiger charge is 2.14. The van der Waals surface area contributed by atoms with Crippen molar-refractivity contribution in [2.24, 2.45) is 0 Å². The zero-order valence-corrected chi connectivity index (χ0v) is 15.5. The first kappa shape index (κ1) is 20.2. The molecule has 0 aliphatic carbocycles. The summed E-state index contributed by atoms with van der Waals surface area (Å²) in [5.41, 5.74) is 2.32. The van der Waals surface area contributed by atoms with Gasteiger partial charge in [0.05, 0.1) is 13.2 Å². The number of carbonyl (C=O) groups excluding carboxylic acids is 2. The van der Waals surface area contributed by atoms with Gasteiger partial charge >= 0.3 is 0 Å². The van der Waals surface area contributed by atoms with Gasteiger partial charge in [0.25, 0.3) is 11.8 Å². The van der Waals surface area contributed by atoms with Crippen LogP contribution in [0.15, 0.2) is 54.2 Å². The predicted octanol–water partition coefficient (Wildman–Crippen LogP) is 2.27. The molecule has 0 atom stereocenters. The summed E-state index contributed by atoms with van der Waals surface area (Å²) < 4.78 is 5.40. The Morgan fingerprint density at radius 1 is 1.07 bits per heavy atom. The van der Waals surface area contributed by atoms with Crippen molar-refractivity contribution in [3.63, 3.8) is 0 Å². The molecular weight excluding hydrogens is 344 g/mol. The molecule has 3 N–H and O–H groups in total. The summed E-state index contributed by atoms with van der Waals surface area (Å²) >= 11 is 0. The van der Waals surface area contributed by atoms with Gasteiger partial charge in [0.2, 0.25) is 0 Å². The topological polar surface area (TPSA) is 87.7 Å². The van der Waals surface area contributed by atoms with E-state index in [0.717, 1.165) is 16.9 Å². The molecule has 0 saturated carbocycles. The van der Waals surface area contributed by atoms with Gasteiger partial charge in [-0.15, -0.1) is 0 Å². The highest BCUT2D eigenvalue weighted by Crippen LogP contribution is 2.14. The van der Waals surface area contributed by atoms with Gasteiger partial charge in [-0.1, -0.05) is 29.8 Å². The number of hydrogen-bond acceptors (Lipinski definition) is 4. The minimum atomic E-state index is -0.474. The molecule has 2 aromatic carbocycles. The SMILES string of the molecule is CCOc1ccc(C=C(NC(=O)c2ccc(C)cc2)C(=O)NCCO)cc1. The van der Waals surface area contributed by atoms with Gasteiger partial charge in [-0.2, -0.15) is 0 Å². The molecule has 0 bridgehead atoms. The molecule has 2 rings (SSSR count). The van der Waals surface area contributed by atoms with Crippen LogP contribution in [0.4, 0.5) is 0 Å². The molecule has 0 radical (unpaired) electrons. The molecule has 0 aromatic heterocycles. The molecule has 0 aliphatic rings. The van der Waals surface area contributed by atoms with Crippen LogP contribution in [-0.4, -0.2) is 36.7 Å². The Bertz CT molecular complexity index is 796. The third kappa shape index (κ3) is 6.27. The molecular formula is C21H24N2O4. The number of hydrogen-bond donors (Lipinski definition) is 3. The number of amides is 2. The number of nitrogens with one attached hydrogen (secondary N) is 2. The van der Waals surface area contributed by atoms with E-state index in [4.69, 9.17) is 9.84 Å². The molecule has 2 amide bonds. The molecule has 2 aromatic rings. The van der Waals surface area contributed by atoms with Crippen LogP contribution in [-0.2, 0) is 4.79 Å². The molecule has 0 spiro atoms. The van der Waals surface area contributed by atoms with Gasteiger partial charge in [0.1, 0.15) is 11.4 Å². The van der Waals surface area contributed by atoms with Crippen molar-refractivity contribution in [1.82, 2.24) is 10.6 Å². The fraction of sp³-hybridized carbons (Fsp3) is 0.238. The normalized spacial score (nSPS) is 11.0. The minimum absolute atomic E-state index is 0.0955. The molecule has 6 heteroatoms. The lowest BCUT2D eigenvalue weighted by atomic mass is 10.1. The molecule has 142 valence electrons. The second-order valence-corrected chi connectivity index (χ2v) is 5.86. The van der Waals surface area contributed by atoms with Crippen LogP contribution in [0.1, 0.15) is 28.4 Å². The van der Waals surface area contributed by atoms with E-state index < -0.39 is 5.91 Å². The number of aryl methyl sites for hydroxylation is 1. The zero-order chi connectivity index (χ0) is 19.6. The van der Waals surface area contributed by atoms with Crippen LogP contribution in [0, 0.1) is 6.92 Å². The summed E-state index contributed by atoms with van der Waals surface area (Å²) in [5.74, 6) is -0.130. The molecule has 0 saturated heterocycles. The van der Waals surface area contributed by atoms with Crippen molar-refractivity contribution in [3.05, 3.63) is 70.9 Å². The Balaban J connectivity index is 2.23. The third-order valence-electron chi connectivity index (χ3n) is 3.71. The molecule has 0 unspecified atom stereocenters. The van der Waals surface area contributed by atoms with Crippen molar-refractivity contribution in [2.45, 2.75) is 13.8 Å². The van der Waals surface area contributed by atoms with Crippen molar-refractivity contribution >= 4 is 17.9 Å². The second kappa shape index (κ2) is 10.1. The highest BCUT2D eigenvalue weighted by molar-refractivity contribution is 6.05. The van der Waals surface area contributed by atoms with Crippen LogP contribution in [0.2, 0.25) is 0 Å². The van der Waals surface area contributed by atoms with E-state index in [2.05, 4.69) is 10.6 Å². The highest BCUT2D eigenvalue weighted by atomic mass is 16.5. The van der Waals surface area contributed by atoms with Gasteiger partial charge in [0, 0.05) is 12.1 Å². The summed E-state index contributed by atoms with van der Waals surface area (Å²) in [6, 6.07) is 14.2. The fourth-order valence-corrected chi connectivity index (χ4v) is 2.32. The number of benzene rings is 2. The average molecular weight is 368 g/mol. The van der Waals surface area contributed by atoms with Gasteiger partial charge in [0.15, 0.2) is 0 Å². The van der Waals surface area contributed by atoms with E-state index in [0.29, 0.717) is 12.2 Å². The summed E-state index contributed by atoms with van der Waals surface area (Å²) in [7, 11) is 0. The first-order valence-corrected chi connectivity index (χ1v) is 8.75. The average Bonchev–Trinajstić information content (AvgIpc) is 2.67. The van der Waals surface area contributed by atoms with Crippen molar-refractivity contribution in [1.29, 1.82) is 0 Å². The number of aliphatic hydroxyl groups is 1. The second-order valence-electron chi connectivity index (χ2n) is 5.86. The van der Waals surface area contributed by atoms with E-state index in [1.807, 2.05) is 26.0 Å². The van der Waals surface area contributed by atoms with Crippen LogP contribution in [0.25, 0.3) is 6.08 Å². The lowest BCUT2D eigenvalue weighted by molar-refractivity contribution is -0.117. The molecule has 0 fully saturated rings. The number of rotatable bonds is 8. The summed E-state index contributed by atoms with van der Waals surface area (Å²) in [6.45, 7) is 4.31. The van der Waals surface area contributed by atoms with Crippen molar-refractivity contribution in [3.8, 4) is 5.75 Å². The number of ether oxygens (including phenoxy) is 1. The Kier molecular flexibility index (Phi) is 7.58. The Morgan fingerprint density at radius 3 is 2.33 bits per heavy atom. The van der Waals surface area contributed by atoms with Crippen molar-refractivity contribution in [2.75, 3.05) is 19.8 Å². The minimum Gasteiger partial charge on any atom is -0.494 e. The smallest absolute Gasteiger partial charge is 0.267 e. The Hall–Kier alpha value is -3.12. The Morgan fingerprint density at radius 2 is 1.74 bits per heavy atom. The van der Waals surface area contributed by atoms with Gasteiger partial charge in [-0.25, -0.2) is 0 Å². The monoisotopic (exact) mass is 368 g/mol. The number of aliphatic hydroxyl groups excluding tert-OH is 1. The standard InChI is InChI=1S/C21H24N2O4/c1-3-27-18-10-6-16(7-11-18)14-19(21(26)22-12-13-24)23-20(25)17-8-4-15(2)5-9-17/h4-11,14,24H,3,12-13H2,1-2H3,(H,22,26)(H,23,25). The first-order chi connectivity index (χ1) is 13.0. The van der Waals surface area contributed by atoms with E-state index in [-0.39, 0.29) is 24.8 Å². The summed E-state index contributed by atoms with van der Waals surface area (Å²) in [6.07, 6.45) is 1.58. The van der Waals surface area contributed by atoms with E-state index in [1.165, 1.54) is 0 Å². The lowest BCUT2D eigenvalue weighted by Gasteiger charge is -2.11. The molecule has 27 heavy (non-hydrogen) atoms. The van der Waals surface area contributed by atoms with Gasteiger partial charge < -0.3 is 20.5 Å². The van der Waals surface area contributed by atoms with Crippen LogP contribution in [0.3, 0.4) is 0 Å². The maximum Gasteiger partial charge on any atom is 0.267 e. The molecule has 0 heterocycles. The molecule has 0 aliphatic heterocycles. The lowest BCUT2D eigenvalue weighted by Crippen LogP contribution is -2.36. The summed E-state index contributed by atoms with van der Waals surface area (Å²) in [5, 5.41) is 14.1. The van der Waals surface area contributed by atoms with Gasteiger partial charge in [-0.3, -0.25) is 9.59 Å². The van der Waals surface area contributed by atoms with E-state index in [9.17, 15) is 9.59 Å². The van der Waals surface area contributed by atoms with Crippen molar-refractivity contribution < 1.29 is 19.4 Å². The van der Waals surface area contributed by atoms with Gasteiger partial charge in [-0.05, 0) is 49.8 Å². The van der Waals surface area contributed by atoms with E-state index in [1.54, 1.807) is 42.5 Å². The van der Waals surface area contributed by atoms with Crippen LogP contribution >= 0.6 is 0 Å². The third-order valence-corrected chi connectivity index (χ3v) is 3.71. The number of carbonyl (C=O) groups is 2. The fourth-order valence-electron chi connectivity index (χ4n) is 2.32. The maximum absolute atomic E-state index is 12.5. The predicted molar refractivity (Wildman–Crippen MR) is 104 cm³/mol. The summed E-state index contributed by atoms with van der Waals surface area (Å²) in [4.78, 5) is 24.8. The van der Waals surface area contributed by atoms with Crippen LogP contribution in [0.5, 0.6) is 5.75 Å².